The predicted molar refractivity (Wildman–Crippen MR) is 113 cm³/mol. The highest BCUT2D eigenvalue weighted by Crippen LogP contribution is 2.22. The van der Waals surface area contributed by atoms with Gasteiger partial charge in [0.25, 0.3) is 0 Å². The van der Waals surface area contributed by atoms with Gasteiger partial charge in [-0.25, -0.2) is 0 Å². The van der Waals surface area contributed by atoms with Crippen LogP contribution in [0.15, 0.2) is 46.3 Å². The summed E-state index contributed by atoms with van der Waals surface area (Å²) in [6, 6.07) is 11.6. The van der Waals surface area contributed by atoms with Crippen LogP contribution >= 0.6 is 27.3 Å². The third-order valence-corrected chi connectivity index (χ3v) is 6.39. The number of amides is 2. The SMILES string of the molecule is CN(CC(=O)N1CCC(C(=O)Nc2ccccc2)CC1)Cc1cc(Br)cs1. The van der Waals surface area contributed by atoms with Crippen molar-refractivity contribution in [1.29, 1.82) is 0 Å². The van der Waals surface area contributed by atoms with Crippen LogP contribution in [0.2, 0.25) is 0 Å². The number of benzene rings is 1. The van der Waals surface area contributed by atoms with Gasteiger partial charge in [0.05, 0.1) is 6.54 Å². The lowest BCUT2D eigenvalue weighted by atomic mass is 9.95. The standard InChI is InChI=1S/C20H24BrN3O2S/c1-23(12-18-11-16(21)14-27-18)13-19(25)24-9-7-15(8-10-24)20(26)22-17-5-3-2-4-6-17/h2-6,11,14-15H,7-10,12-13H2,1H3,(H,22,26). The minimum absolute atomic E-state index is 0.0320. The number of anilines is 1. The summed E-state index contributed by atoms with van der Waals surface area (Å²) in [7, 11) is 1.96. The van der Waals surface area contributed by atoms with E-state index in [0.717, 1.165) is 16.7 Å². The number of piperidine rings is 1. The average Bonchev–Trinajstić information content (AvgIpc) is 3.07. The third kappa shape index (κ3) is 5.89. The van der Waals surface area contributed by atoms with Crippen molar-refractivity contribution < 1.29 is 9.59 Å². The maximum Gasteiger partial charge on any atom is 0.236 e. The average molecular weight is 450 g/mol. The number of likely N-dealkylation sites (tertiary alicyclic amines) is 1. The van der Waals surface area contributed by atoms with Crippen molar-refractivity contribution in [2.45, 2.75) is 19.4 Å². The van der Waals surface area contributed by atoms with E-state index in [4.69, 9.17) is 0 Å². The van der Waals surface area contributed by atoms with Crippen LogP contribution in [0.4, 0.5) is 5.69 Å². The molecule has 0 spiro atoms. The largest absolute Gasteiger partial charge is 0.342 e. The lowest BCUT2D eigenvalue weighted by molar-refractivity contribution is -0.135. The quantitative estimate of drug-likeness (QED) is 0.728. The summed E-state index contributed by atoms with van der Waals surface area (Å²) in [5, 5.41) is 5.02. The van der Waals surface area contributed by atoms with Crippen LogP contribution < -0.4 is 5.32 Å². The fraction of sp³-hybridized carbons (Fsp3) is 0.400. The van der Waals surface area contributed by atoms with E-state index in [1.807, 2.05) is 47.2 Å². The molecule has 1 aliphatic rings. The van der Waals surface area contributed by atoms with Crippen molar-refractivity contribution in [2.75, 3.05) is 32.0 Å². The van der Waals surface area contributed by atoms with Gasteiger partial charge in [0.2, 0.25) is 11.8 Å². The van der Waals surface area contributed by atoms with E-state index in [-0.39, 0.29) is 17.7 Å². The number of nitrogens with zero attached hydrogens (tertiary/aromatic N) is 2. The fourth-order valence-corrected chi connectivity index (χ4v) is 4.78. The van der Waals surface area contributed by atoms with Gasteiger partial charge in [-0.1, -0.05) is 18.2 Å². The van der Waals surface area contributed by atoms with E-state index in [1.54, 1.807) is 11.3 Å². The second kappa shape index (κ2) is 9.48. The van der Waals surface area contributed by atoms with Gasteiger partial charge >= 0.3 is 0 Å². The molecule has 3 rings (SSSR count). The van der Waals surface area contributed by atoms with Gasteiger partial charge in [-0.3, -0.25) is 14.5 Å². The molecule has 1 N–H and O–H groups in total. The van der Waals surface area contributed by atoms with E-state index in [0.29, 0.717) is 32.5 Å². The number of rotatable bonds is 6. The zero-order valence-corrected chi connectivity index (χ0v) is 17.8. The zero-order valence-electron chi connectivity index (χ0n) is 15.4. The Morgan fingerprint density at radius 1 is 1.26 bits per heavy atom. The highest BCUT2D eigenvalue weighted by atomic mass is 79.9. The summed E-state index contributed by atoms with van der Waals surface area (Å²) in [4.78, 5) is 30.1. The monoisotopic (exact) mass is 449 g/mol. The summed E-state index contributed by atoms with van der Waals surface area (Å²) in [5.74, 6) is 0.152. The summed E-state index contributed by atoms with van der Waals surface area (Å²) in [6.07, 6.45) is 1.43. The molecule has 5 nitrogen and oxygen atoms in total. The number of hydrogen-bond donors (Lipinski definition) is 1. The molecule has 1 fully saturated rings. The van der Waals surface area contributed by atoms with Crippen LogP contribution in [0.25, 0.3) is 0 Å². The number of carbonyl (C=O) groups excluding carboxylic acids is 2. The summed E-state index contributed by atoms with van der Waals surface area (Å²) < 4.78 is 1.08. The number of likely N-dealkylation sites (N-methyl/N-ethyl adjacent to an activating group) is 1. The molecule has 1 aliphatic heterocycles. The lowest BCUT2D eigenvalue weighted by Crippen LogP contribution is -2.45. The molecule has 2 aromatic rings. The Balaban J connectivity index is 1.42. The number of thiophene rings is 1. The molecule has 0 aliphatic carbocycles. The summed E-state index contributed by atoms with van der Waals surface area (Å²) in [5.41, 5.74) is 0.822. The maximum atomic E-state index is 12.5. The molecular weight excluding hydrogens is 426 g/mol. The normalized spacial score (nSPS) is 15.1. The first-order valence-corrected chi connectivity index (χ1v) is 10.7. The zero-order chi connectivity index (χ0) is 19.2. The molecule has 1 aromatic carbocycles. The smallest absolute Gasteiger partial charge is 0.236 e. The van der Waals surface area contributed by atoms with Gasteiger partial charge in [-0.05, 0) is 54.0 Å². The van der Waals surface area contributed by atoms with Gasteiger partial charge in [-0.15, -0.1) is 11.3 Å². The highest BCUT2D eigenvalue weighted by Gasteiger charge is 2.27. The molecule has 0 bridgehead atoms. The molecule has 0 unspecified atom stereocenters. The van der Waals surface area contributed by atoms with Crippen molar-refractivity contribution in [3.63, 3.8) is 0 Å². The molecule has 0 saturated carbocycles. The second-order valence-corrected chi connectivity index (χ2v) is 8.83. The van der Waals surface area contributed by atoms with E-state index in [1.165, 1.54) is 4.88 Å². The van der Waals surface area contributed by atoms with Crippen molar-refractivity contribution >= 4 is 44.8 Å². The van der Waals surface area contributed by atoms with Crippen LogP contribution in [0.3, 0.4) is 0 Å². The van der Waals surface area contributed by atoms with Crippen LogP contribution in [0.1, 0.15) is 17.7 Å². The molecule has 27 heavy (non-hydrogen) atoms. The molecule has 0 radical (unpaired) electrons. The van der Waals surface area contributed by atoms with Gasteiger partial charge in [0.1, 0.15) is 0 Å². The molecular formula is C20H24BrN3O2S. The van der Waals surface area contributed by atoms with Crippen molar-refractivity contribution in [1.82, 2.24) is 9.80 Å². The number of hydrogen-bond acceptors (Lipinski definition) is 4. The lowest BCUT2D eigenvalue weighted by Gasteiger charge is -2.32. The minimum Gasteiger partial charge on any atom is -0.342 e. The van der Waals surface area contributed by atoms with Crippen LogP contribution in [-0.2, 0) is 16.1 Å². The topological polar surface area (TPSA) is 52.7 Å². The van der Waals surface area contributed by atoms with Gasteiger partial charge in [0, 0.05) is 46.0 Å². The predicted octanol–water partition coefficient (Wildman–Crippen LogP) is 3.82. The Morgan fingerprint density at radius 3 is 2.59 bits per heavy atom. The molecule has 144 valence electrons. The molecule has 0 atom stereocenters. The number of para-hydroxylation sites is 1. The van der Waals surface area contributed by atoms with E-state index in [9.17, 15) is 9.59 Å². The van der Waals surface area contributed by atoms with E-state index >= 15 is 0 Å². The number of halogens is 1. The van der Waals surface area contributed by atoms with Crippen molar-refractivity contribution in [2.24, 2.45) is 5.92 Å². The Morgan fingerprint density at radius 2 is 1.96 bits per heavy atom. The molecule has 2 amide bonds. The first-order valence-electron chi connectivity index (χ1n) is 9.06. The molecule has 1 aromatic heterocycles. The molecule has 7 heteroatoms. The summed E-state index contributed by atoms with van der Waals surface area (Å²) >= 11 is 5.14. The summed E-state index contributed by atoms with van der Waals surface area (Å²) in [6.45, 7) is 2.45. The maximum absolute atomic E-state index is 12.5. The Bertz CT molecular complexity index is 773. The number of carbonyl (C=O) groups is 2. The van der Waals surface area contributed by atoms with E-state index < -0.39 is 0 Å². The van der Waals surface area contributed by atoms with Crippen LogP contribution in [0.5, 0.6) is 0 Å². The molecule has 1 saturated heterocycles. The van der Waals surface area contributed by atoms with E-state index in [2.05, 4.69) is 32.7 Å². The number of nitrogens with one attached hydrogen (secondary N) is 1. The highest BCUT2D eigenvalue weighted by molar-refractivity contribution is 9.10. The van der Waals surface area contributed by atoms with Gasteiger partial charge in [0.15, 0.2) is 0 Å². The Labute approximate surface area is 172 Å². The Hall–Kier alpha value is -1.70. The van der Waals surface area contributed by atoms with Crippen molar-refractivity contribution in [3.8, 4) is 0 Å². The third-order valence-electron chi connectivity index (χ3n) is 4.71. The van der Waals surface area contributed by atoms with Gasteiger partial charge in [-0.2, -0.15) is 0 Å². The fourth-order valence-electron chi connectivity index (χ4n) is 3.25. The van der Waals surface area contributed by atoms with Crippen LogP contribution in [-0.4, -0.2) is 48.3 Å². The van der Waals surface area contributed by atoms with Gasteiger partial charge < -0.3 is 10.2 Å². The minimum atomic E-state index is -0.0320. The van der Waals surface area contributed by atoms with Crippen LogP contribution in [0, 0.1) is 5.92 Å². The van der Waals surface area contributed by atoms with Crippen molar-refractivity contribution in [3.05, 3.63) is 51.1 Å². The Kier molecular flexibility index (Phi) is 7.04. The second-order valence-electron chi connectivity index (χ2n) is 6.91. The first kappa shape index (κ1) is 20.0. The molecule has 2 heterocycles. The first-order chi connectivity index (χ1) is 13.0.